The fourth-order valence-corrected chi connectivity index (χ4v) is 6.46. The van der Waals surface area contributed by atoms with Crippen molar-refractivity contribution in [2.45, 2.75) is 108 Å². The number of esters is 2. The third kappa shape index (κ3) is 10.3. The van der Waals surface area contributed by atoms with Crippen molar-refractivity contribution in [1.29, 1.82) is 0 Å². The molecule has 0 radical (unpaired) electrons. The zero-order valence-corrected chi connectivity index (χ0v) is 27.5. The van der Waals surface area contributed by atoms with Crippen molar-refractivity contribution in [2.75, 3.05) is 6.61 Å². The summed E-state index contributed by atoms with van der Waals surface area (Å²) in [6.07, 6.45) is 12.4. The molecule has 0 aliphatic carbocycles. The molecule has 1 aromatic carbocycles. The Kier molecular flexibility index (Phi) is 12.2. The van der Waals surface area contributed by atoms with Gasteiger partial charge in [0.05, 0.1) is 41.5 Å². The van der Waals surface area contributed by atoms with E-state index in [2.05, 4.69) is 19.6 Å². The van der Waals surface area contributed by atoms with E-state index in [1.165, 1.54) is 35.9 Å². The summed E-state index contributed by atoms with van der Waals surface area (Å²) in [5.74, 6) is -0.994. The van der Waals surface area contributed by atoms with Crippen LogP contribution < -0.4 is 0 Å². The summed E-state index contributed by atoms with van der Waals surface area (Å²) in [7, 11) is 0. The van der Waals surface area contributed by atoms with Crippen LogP contribution in [0.1, 0.15) is 69.2 Å². The van der Waals surface area contributed by atoms with Crippen LogP contribution in [-0.2, 0) is 28.5 Å². The lowest BCUT2D eigenvalue weighted by atomic mass is 9.90. The van der Waals surface area contributed by atoms with Gasteiger partial charge in [-0.3, -0.25) is 10.1 Å². The largest absolute Gasteiger partial charge is 0.456 e. The molecule has 11 nitrogen and oxygen atoms in total. The van der Waals surface area contributed by atoms with Crippen molar-refractivity contribution < 1.29 is 43.3 Å². The number of ether oxygens (including phenoxy) is 5. The molecule has 1 N–H and O–H groups in total. The van der Waals surface area contributed by atoms with E-state index in [4.69, 9.17) is 23.7 Å². The molecule has 0 aromatic heterocycles. The predicted octanol–water partition coefficient (Wildman–Crippen LogP) is 5.88. The summed E-state index contributed by atoms with van der Waals surface area (Å²) in [6.45, 7) is 8.95. The summed E-state index contributed by atoms with van der Waals surface area (Å²) < 4.78 is 29.8. The Labute approximate surface area is 281 Å². The van der Waals surface area contributed by atoms with Crippen molar-refractivity contribution in [3.05, 3.63) is 100 Å². The minimum absolute atomic E-state index is 0.0210. The van der Waals surface area contributed by atoms with Gasteiger partial charge in [0, 0.05) is 31.1 Å². The number of epoxide rings is 1. The van der Waals surface area contributed by atoms with Crippen LogP contribution in [0.15, 0.2) is 84.5 Å². The minimum Gasteiger partial charge on any atom is -0.456 e. The molecule has 258 valence electrons. The Bertz CT molecular complexity index is 1450. The number of carbonyl (C=O) groups excluding carboxylic acids is 2. The first-order valence-electron chi connectivity index (χ1n) is 16.6. The SMILES string of the molecule is C=C1C[C@H](C)C[C@@H]2CC=C[C@@H](C/C=C/C(=O)O[C@H]([C@@H](O)/C=C/[C@@H]3CC(C)=CCO3)C[C@H]3O[C@H]3[C@@H](OC(=O)c3ccc([N+](=O)[O-])cc3)C1)O2. The number of aliphatic hydroxyl groups excluding tert-OH is 1. The number of carbonyl (C=O) groups is 2. The van der Waals surface area contributed by atoms with Gasteiger partial charge in [-0.25, -0.2) is 9.59 Å². The summed E-state index contributed by atoms with van der Waals surface area (Å²) >= 11 is 0. The molecule has 9 atom stereocenters. The first-order chi connectivity index (χ1) is 23.0. The number of nitrogens with zero attached hydrogens (tertiary/aromatic N) is 1. The molecular formula is C37H45NO10. The molecule has 4 heterocycles. The molecule has 0 spiro atoms. The molecular weight excluding hydrogens is 618 g/mol. The van der Waals surface area contributed by atoms with Crippen LogP contribution in [-0.4, -0.2) is 77.4 Å². The second-order valence-corrected chi connectivity index (χ2v) is 13.2. The minimum atomic E-state index is -1.14. The molecule has 0 amide bonds. The van der Waals surface area contributed by atoms with Crippen molar-refractivity contribution >= 4 is 17.6 Å². The number of nitro groups is 1. The number of aliphatic hydroxyl groups is 1. The lowest BCUT2D eigenvalue weighted by Gasteiger charge is -2.28. The van der Waals surface area contributed by atoms with Crippen LogP contribution in [0.2, 0.25) is 0 Å². The van der Waals surface area contributed by atoms with E-state index in [0.717, 1.165) is 18.4 Å². The molecule has 11 heteroatoms. The Morgan fingerprint density at radius 1 is 1.12 bits per heavy atom. The third-order valence-corrected chi connectivity index (χ3v) is 8.99. The highest BCUT2D eigenvalue weighted by atomic mass is 16.6. The fourth-order valence-electron chi connectivity index (χ4n) is 6.46. The van der Waals surface area contributed by atoms with Gasteiger partial charge >= 0.3 is 11.9 Å². The zero-order valence-electron chi connectivity index (χ0n) is 27.5. The van der Waals surface area contributed by atoms with Crippen molar-refractivity contribution in [3.63, 3.8) is 0 Å². The zero-order chi connectivity index (χ0) is 34.2. The van der Waals surface area contributed by atoms with Crippen LogP contribution in [0.25, 0.3) is 0 Å². The number of hydrogen-bond donors (Lipinski definition) is 1. The van der Waals surface area contributed by atoms with Crippen LogP contribution >= 0.6 is 0 Å². The number of hydrogen-bond acceptors (Lipinski definition) is 10. The summed E-state index contributed by atoms with van der Waals surface area (Å²) in [5.41, 5.74) is 2.11. The first kappa shape index (κ1) is 35.4. The van der Waals surface area contributed by atoms with Gasteiger partial charge in [0.1, 0.15) is 24.4 Å². The van der Waals surface area contributed by atoms with E-state index >= 15 is 0 Å². The van der Waals surface area contributed by atoms with Crippen LogP contribution in [0.4, 0.5) is 5.69 Å². The van der Waals surface area contributed by atoms with Crippen molar-refractivity contribution in [3.8, 4) is 0 Å². The molecule has 4 aliphatic rings. The monoisotopic (exact) mass is 663 g/mol. The molecule has 0 saturated carbocycles. The average Bonchev–Trinajstić information content (AvgIpc) is 3.82. The molecule has 1 fully saturated rings. The van der Waals surface area contributed by atoms with Gasteiger partial charge in [-0.15, -0.1) is 0 Å². The Balaban J connectivity index is 1.35. The first-order valence-corrected chi connectivity index (χ1v) is 16.6. The van der Waals surface area contributed by atoms with E-state index < -0.39 is 47.4 Å². The van der Waals surface area contributed by atoms with E-state index in [-0.39, 0.29) is 41.9 Å². The predicted molar refractivity (Wildman–Crippen MR) is 177 cm³/mol. The van der Waals surface area contributed by atoms with Gasteiger partial charge in [0.2, 0.25) is 0 Å². The van der Waals surface area contributed by atoms with E-state index in [0.29, 0.717) is 32.3 Å². The molecule has 48 heavy (non-hydrogen) atoms. The van der Waals surface area contributed by atoms with Gasteiger partial charge in [0.15, 0.2) is 0 Å². The average molecular weight is 664 g/mol. The van der Waals surface area contributed by atoms with E-state index in [1.54, 1.807) is 18.2 Å². The van der Waals surface area contributed by atoms with Crippen molar-refractivity contribution in [2.24, 2.45) is 5.92 Å². The number of nitro benzene ring substituents is 1. The second kappa shape index (κ2) is 16.5. The van der Waals surface area contributed by atoms with Gasteiger partial charge in [-0.2, -0.15) is 0 Å². The third-order valence-electron chi connectivity index (χ3n) is 8.99. The summed E-state index contributed by atoms with van der Waals surface area (Å²) in [4.78, 5) is 36.7. The van der Waals surface area contributed by atoms with Gasteiger partial charge < -0.3 is 28.8 Å². The molecule has 2 bridgehead atoms. The van der Waals surface area contributed by atoms with E-state index in [9.17, 15) is 24.8 Å². The molecule has 1 saturated heterocycles. The normalized spacial score (nSPS) is 32.9. The highest BCUT2D eigenvalue weighted by molar-refractivity contribution is 5.89. The standard InChI is InChI=1S/C37H45NO10/c1-23-16-17-44-29(19-23)14-15-31(39)32-22-34-36(47-34)33(48-37(41)26-10-12-27(13-11-26)38(42)43)21-25(3)18-24(2)20-30-8-4-6-28(45-30)7-5-9-35(40)46-32/h4-6,9-16,24,28-34,36,39H,3,7-8,17-22H2,1-2H3/b9-5+,15-14+/t24-,28-,29+,30-,31-,32-,33-,34+,36-/m0/s1. The number of benzene rings is 1. The molecule has 4 aliphatic heterocycles. The highest BCUT2D eigenvalue weighted by Crippen LogP contribution is 2.37. The van der Waals surface area contributed by atoms with Crippen molar-refractivity contribution in [1.82, 2.24) is 0 Å². The maximum absolute atomic E-state index is 13.2. The van der Waals surface area contributed by atoms with E-state index in [1.807, 2.05) is 19.1 Å². The molecule has 1 aromatic rings. The number of non-ortho nitro benzene ring substituents is 1. The van der Waals surface area contributed by atoms with Crippen LogP contribution in [0.5, 0.6) is 0 Å². The van der Waals surface area contributed by atoms with Crippen LogP contribution in [0, 0.1) is 16.0 Å². The van der Waals surface area contributed by atoms with Gasteiger partial charge in [-0.05, 0) is 57.1 Å². The summed E-state index contributed by atoms with van der Waals surface area (Å²) in [6, 6.07) is 5.22. The maximum Gasteiger partial charge on any atom is 0.338 e. The molecule has 5 rings (SSSR count). The second-order valence-electron chi connectivity index (χ2n) is 13.2. The number of fused-ring (bicyclic) bond motifs is 3. The Morgan fingerprint density at radius 2 is 1.92 bits per heavy atom. The quantitative estimate of drug-likeness (QED) is 0.129. The van der Waals surface area contributed by atoms with Gasteiger partial charge in [-0.1, -0.05) is 61.1 Å². The Hall–Kier alpha value is -3.90. The van der Waals surface area contributed by atoms with Crippen LogP contribution in [0.3, 0.4) is 0 Å². The maximum atomic E-state index is 13.2. The number of rotatable bonds is 6. The lowest BCUT2D eigenvalue weighted by molar-refractivity contribution is -0.384. The molecule has 0 unspecified atom stereocenters. The Morgan fingerprint density at radius 3 is 2.67 bits per heavy atom. The fraction of sp³-hybridized carbons (Fsp3) is 0.514. The lowest BCUT2D eigenvalue weighted by Crippen LogP contribution is -2.33. The highest BCUT2D eigenvalue weighted by Gasteiger charge is 2.49. The van der Waals surface area contributed by atoms with Gasteiger partial charge in [0.25, 0.3) is 5.69 Å². The topological polar surface area (TPSA) is 147 Å². The summed E-state index contributed by atoms with van der Waals surface area (Å²) in [5, 5.41) is 22.3. The number of cyclic esters (lactones) is 1. The smallest absolute Gasteiger partial charge is 0.338 e.